The molecule has 2 aromatic carbocycles. The molecular formula is C25H29N7O. The lowest BCUT2D eigenvalue weighted by atomic mass is 9.99. The minimum Gasteiger partial charge on any atom is -0.321 e. The number of H-pyrrole nitrogens is 1. The van der Waals surface area contributed by atoms with Crippen molar-refractivity contribution < 1.29 is 0 Å². The Balaban J connectivity index is 1.64. The summed E-state index contributed by atoms with van der Waals surface area (Å²) in [5, 5.41) is 13.8. The molecule has 2 aromatic heterocycles. The van der Waals surface area contributed by atoms with Crippen molar-refractivity contribution in [3.05, 3.63) is 87.0 Å². The first-order valence-corrected chi connectivity index (χ1v) is 11.4. The summed E-state index contributed by atoms with van der Waals surface area (Å²) in [4.78, 5) is 21.2. The van der Waals surface area contributed by atoms with E-state index in [0.29, 0.717) is 17.9 Å². The SMILES string of the molecule is Cc1ccc(C)c2[nH]c(=O)c([C@@H](c3nnnn3Cc3ccccc3)N3CCN(C)CC3)cc12. The average molecular weight is 444 g/mol. The highest BCUT2D eigenvalue weighted by molar-refractivity contribution is 5.85. The largest absolute Gasteiger partial charge is 0.321 e. The zero-order valence-electron chi connectivity index (χ0n) is 19.3. The average Bonchev–Trinajstić information content (AvgIpc) is 3.27. The molecule has 0 spiro atoms. The van der Waals surface area contributed by atoms with E-state index in [9.17, 15) is 4.79 Å². The smallest absolute Gasteiger partial charge is 0.253 e. The van der Waals surface area contributed by atoms with E-state index in [-0.39, 0.29) is 11.6 Å². The van der Waals surface area contributed by atoms with Gasteiger partial charge in [0.1, 0.15) is 6.04 Å². The second-order valence-corrected chi connectivity index (χ2v) is 8.96. The zero-order chi connectivity index (χ0) is 22.9. The Hall–Kier alpha value is -3.36. The van der Waals surface area contributed by atoms with Crippen LogP contribution in [0, 0.1) is 13.8 Å². The van der Waals surface area contributed by atoms with Gasteiger partial charge in [0.25, 0.3) is 5.56 Å². The first-order valence-electron chi connectivity index (χ1n) is 11.4. The fourth-order valence-corrected chi connectivity index (χ4v) is 4.65. The van der Waals surface area contributed by atoms with Gasteiger partial charge in [0.2, 0.25) is 0 Å². The number of benzene rings is 2. The zero-order valence-corrected chi connectivity index (χ0v) is 19.3. The van der Waals surface area contributed by atoms with E-state index in [1.165, 1.54) is 0 Å². The van der Waals surface area contributed by atoms with Crippen LogP contribution in [0.4, 0.5) is 0 Å². The van der Waals surface area contributed by atoms with Gasteiger partial charge in [0, 0.05) is 37.1 Å². The summed E-state index contributed by atoms with van der Waals surface area (Å²) in [6, 6.07) is 16.0. The Morgan fingerprint density at radius 1 is 1.00 bits per heavy atom. The number of hydrogen-bond acceptors (Lipinski definition) is 6. The van der Waals surface area contributed by atoms with Crippen molar-refractivity contribution in [1.29, 1.82) is 0 Å². The van der Waals surface area contributed by atoms with Crippen LogP contribution in [-0.2, 0) is 6.54 Å². The summed E-state index contributed by atoms with van der Waals surface area (Å²) in [6.45, 7) is 8.19. The molecule has 170 valence electrons. The van der Waals surface area contributed by atoms with Crippen LogP contribution in [-0.4, -0.2) is 68.2 Å². The van der Waals surface area contributed by atoms with Gasteiger partial charge in [-0.05, 0) is 54.1 Å². The molecule has 1 aliphatic rings. The molecule has 4 aromatic rings. The Kier molecular flexibility index (Phi) is 5.78. The normalized spacial score (nSPS) is 16.3. The van der Waals surface area contributed by atoms with Crippen LogP contribution in [0.1, 0.15) is 34.1 Å². The molecule has 0 unspecified atom stereocenters. The predicted molar refractivity (Wildman–Crippen MR) is 128 cm³/mol. The number of aryl methyl sites for hydroxylation is 2. The summed E-state index contributed by atoms with van der Waals surface area (Å²) < 4.78 is 1.82. The van der Waals surface area contributed by atoms with Crippen molar-refractivity contribution >= 4 is 10.9 Å². The number of tetrazole rings is 1. The summed E-state index contributed by atoms with van der Waals surface area (Å²) in [5.74, 6) is 0.693. The van der Waals surface area contributed by atoms with E-state index in [1.807, 2.05) is 41.9 Å². The summed E-state index contributed by atoms with van der Waals surface area (Å²) in [7, 11) is 2.13. The molecule has 33 heavy (non-hydrogen) atoms. The van der Waals surface area contributed by atoms with Gasteiger partial charge in [-0.2, -0.15) is 0 Å². The maximum absolute atomic E-state index is 13.4. The molecule has 8 nitrogen and oxygen atoms in total. The van der Waals surface area contributed by atoms with E-state index in [2.05, 4.69) is 62.5 Å². The minimum absolute atomic E-state index is 0.0885. The van der Waals surface area contributed by atoms with E-state index in [1.54, 1.807) is 0 Å². The third-order valence-corrected chi connectivity index (χ3v) is 6.65. The standard InChI is InChI=1S/C25H29N7O/c1-17-9-10-18(2)22-20(17)15-21(25(33)26-22)23(31-13-11-30(3)12-14-31)24-27-28-29-32(24)16-19-7-5-4-6-8-19/h4-10,15,23H,11-14,16H2,1-3H3,(H,26,33)/t23-/m0/s1. The van der Waals surface area contributed by atoms with Crippen LogP contribution in [0.5, 0.6) is 0 Å². The number of piperazine rings is 1. The Labute approximate surface area is 192 Å². The molecule has 0 aliphatic carbocycles. The highest BCUT2D eigenvalue weighted by Gasteiger charge is 2.32. The van der Waals surface area contributed by atoms with E-state index in [0.717, 1.165) is 53.8 Å². The highest BCUT2D eigenvalue weighted by Crippen LogP contribution is 2.29. The van der Waals surface area contributed by atoms with Gasteiger partial charge in [-0.1, -0.05) is 42.5 Å². The maximum Gasteiger partial charge on any atom is 0.253 e. The molecule has 1 saturated heterocycles. The van der Waals surface area contributed by atoms with Crippen molar-refractivity contribution in [1.82, 2.24) is 35.0 Å². The van der Waals surface area contributed by atoms with Gasteiger partial charge >= 0.3 is 0 Å². The van der Waals surface area contributed by atoms with Gasteiger partial charge in [-0.25, -0.2) is 4.68 Å². The molecule has 0 saturated carbocycles. The number of nitrogens with zero attached hydrogens (tertiary/aromatic N) is 6. The minimum atomic E-state index is -0.328. The van der Waals surface area contributed by atoms with Crippen LogP contribution in [0.15, 0.2) is 53.3 Å². The molecule has 0 amide bonds. The predicted octanol–water partition coefficient (Wildman–Crippen LogP) is 2.52. The Morgan fingerprint density at radius 2 is 1.73 bits per heavy atom. The van der Waals surface area contributed by atoms with Gasteiger partial charge in [-0.3, -0.25) is 9.69 Å². The Morgan fingerprint density at radius 3 is 2.48 bits per heavy atom. The summed E-state index contributed by atoms with van der Waals surface area (Å²) in [5.41, 5.74) is 4.80. The fraction of sp³-hybridized carbons (Fsp3) is 0.360. The van der Waals surface area contributed by atoms with Gasteiger partial charge in [0.05, 0.1) is 12.1 Å². The fourth-order valence-electron chi connectivity index (χ4n) is 4.65. The first-order chi connectivity index (χ1) is 16.0. The van der Waals surface area contributed by atoms with E-state index < -0.39 is 0 Å². The second kappa shape index (κ2) is 8.88. The molecule has 1 fully saturated rings. The summed E-state index contributed by atoms with van der Waals surface area (Å²) in [6.07, 6.45) is 0. The molecule has 0 bridgehead atoms. The van der Waals surface area contributed by atoms with E-state index >= 15 is 0 Å². The van der Waals surface area contributed by atoms with Crippen LogP contribution >= 0.6 is 0 Å². The van der Waals surface area contributed by atoms with Crippen molar-refractivity contribution in [3.8, 4) is 0 Å². The van der Waals surface area contributed by atoms with Gasteiger partial charge < -0.3 is 9.88 Å². The van der Waals surface area contributed by atoms with Crippen LogP contribution < -0.4 is 5.56 Å². The molecule has 1 N–H and O–H groups in total. The van der Waals surface area contributed by atoms with Gasteiger partial charge in [0.15, 0.2) is 5.82 Å². The molecule has 3 heterocycles. The molecular weight excluding hydrogens is 414 g/mol. The number of pyridine rings is 1. The van der Waals surface area contributed by atoms with Crippen LogP contribution in [0.2, 0.25) is 0 Å². The number of aromatic amines is 1. The third-order valence-electron chi connectivity index (χ3n) is 6.65. The topological polar surface area (TPSA) is 82.9 Å². The lowest BCUT2D eigenvalue weighted by Gasteiger charge is -2.37. The number of nitrogens with one attached hydrogen (secondary N) is 1. The highest BCUT2D eigenvalue weighted by atomic mass is 16.1. The number of aromatic nitrogens is 5. The molecule has 0 radical (unpaired) electrons. The molecule has 1 atom stereocenters. The molecule has 8 heteroatoms. The third kappa shape index (κ3) is 4.19. The number of hydrogen-bond donors (Lipinski definition) is 1. The quantitative estimate of drug-likeness (QED) is 0.510. The monoisotopic (exact) mass is 443 g/mol. The molecule has 1 aliphatic heterocycles. The maximum atomic E-state index is 13.4. The number of likely N-dealkylation sites (N-methyl/N-ethyl adjacent to an activating group) is 1. The van der Waals surface area contributed by atoms with Crippen molar-refractivity contribution in [2.24, 2.45) is 0 Å². The van der Waals surface area contributed by atoms with Crippen molar-refractivity contribution in [2.45, 2.75) is 26.4 Å². The van der Waals surface area contributed by atoms with E-state index in [4.69, 9.17) is 0 Å². The number of fused-ring (bicyclic) bond motifs is 1. The van der Waals surface area contributed by atoms with Crippen LogP contribution in [0.25, 0.3) is 10.9 Å². The number of rotatable bonds is 5. The molecule has 5 rings (SSSR count). The lowest BCUT2D eigenvalue weighted by Crippen LogP contribution is -2.47. The van der Waals surface area contributed by atoms with Gasteiger partial charge in [-0.15, -0.1) is 5.10 Å². The van der Waals surface area contributed by atoms with Crippen LogP contribution in [0.3, 0.4) is 0 Å². The Bertz CT molecular complexity index is 1320. The van der Waals surface area contributed by atoms with Crippen molar-refractivity contribution in [2.75, 3.05) is 33.2 Å². The lowest BCUT2D eigenvalue weighted by molar-refractivity contribution is 0.121. The second-order valence-electron chi connectivity index (χ2n) is 8.96. The summed E-state index contributed by atoms with van der Waals surface area (Å²) >= 11 is 0. The van der Waals surface area contributed by atoms with Crippen molar-refractivity contribution in [3.63, 3.8) is 0 Å². The first kappa shape index (κ1) is 21.5.